The summed E-state index contributed by atoms with van der Waals surface area (Å²) in [6.07, 6.45) is 2.14. The largest absolute Gasteiger partial charge is 0.466 e. The molecule has 1 aliphatic heterocycles. The van der Waals surface area contributed by atoms with Crippen molar-refractivity contribution >= 4 is 23.9 Å². The molecule has 2 N–H and O–H groups in total. The molecule has 9 heteroatoms. The van der Waals surface area contributed by atoms with Gasteiger partial charge >= 0.3 is 12.1 Å². The number of hydrogen-bond donors (Lipinski definition) is 1. The van der Waals surface area contributed by atoms with Crippen LogP contribution < -0.4 is 5.73 Å². The van der Waals surface area contributed by atoms with Crippen LogP contribution in [0.15, 0.2) is 0 Å². The summed E-state index contributed by atoms with van der Waals surface area (Å²) in [4.78, 5) is 52.0. The summed E-state index contributed by atoms with van der Waals surface area (Å²) in [5, 5.41) is 0. The van der Waals surface area contributed by atoms with Crippen molar-refractivity contribution in [1.82, 2.24) is 9.80 Å². The molecule has 30 heavy (non-hydrogen) atoms. The molecule has 0 aromatic heterocycles. The van der Waals surface area contributed by atoms with Gasteiger partial charge in [0.1, 0.15) is 11.1 Å². The van der Waals surface area contributed by atoms with Crippen LogP contribution in [0.1, 0.15) is 60.3 Å². The maximum Gasteiger partial charge on any atom is 0.410 e. The minimum Gasteiger partial charge on any atom is -0.466 e. The lowest BCUT2D eigenvalue weighted by Crippen LogP contribution is -2.52. The van der Waals surface area contributed by atoms with E-state index in [-0.39, 0.29) is 25.0 Å². The molecule has 1 heterocycles. The van der Waals surface area contributed by atoms with E-state index >= 15 is 0 Å². The van der Waals surface area contributed by atoms with Crippen molar-refractivity contribution < 1.29 is 28.7 Å². The molecule has 0 bridgehead atoms. The van der Waals surface area contributed by atoms with Crippen molar-refractivity contribution in [3.63, 3.8) is 0 Å². The molecule has 0 spiro atoms. The van der Waals surface area contributed by atoms with Gasteiger partial charge in [-0.1, -0.05) is 0 Å². The lowest BCUT2D eigenvalue weighted by Gasteiger charge is -2.35. The van der Waals surface area contributed by atoms with Crippen molar-refractivity contribution in [2.75, 3.05) is 26.2 Å². The van der Waals surface area contributed by atoms with E-state index in [9.17, 15) is 19.2 Å². The third-order valence-electron chi connectivity index (χ3n) is 5.82. The van der Waals surface area contributed by atoms with Crippen LogP contribution in [0, 0.1) is 11.8 Å². The van der Waals surface area contributed by atoms with Crippen LogP contribution >= 0.6 is 0 Å². The van der Waals surface area contributed by atoms with Gasteiger partial charge in [0, 0.05) is 26.6 Å². The molecule has 0 aromatic rings. The third kappa shape index (κ3) is 5.43. The first-order valence-corrected chi connectivity index (χ1v) is 10.6. The first-order chi connectivity index (χ1) is 13.9. The fourth-order valence-corrected chi connectivity index (χ4v) is 4.16. The van der Waals surface area contributed by atoms with Gasteiger partial charge in [0.15, 0.2) is 0 Å². The van der Waals surface area contributed by atoms with Gasteiger partial charge in [-0.05, 0) is 59.3 Å². The normalized spacial score (nSPS) is 24.2. The van der Waals surface area contributed by atoms with Crippen molar-refractivity contribution in [2.45, 2.75) is 71.4 Å². The highest BCUT2D eigenvalue weighted by molar-refractivity contribution is 5.99. The monoisotopic (exact) mass is 425 g/mol. The van der Waals surface area contributed by atoms with Crippen LogP contribution in [0.25, 0.3) is 0 Å². The van der Waals surface area contributed by atoms with E-state index in [4.69, 9.17) is 15.2 Å². The van der Waals surface area contributed by atoms with Crippen LogP contribution in [-0.2, 0) is 23.9 Å². The highest BCUT2D eigenvalue weighted by Gasteiger charge is 2.68. The smallest absolute Gasteiger partial charge is 0.410 e. The molecule has 9 nitrogen and oxygen atoms in total. The zero-order valence-electron chi connectivity index (χ0n) is 18.7. The number of nitrogens with zero attached hydrogens (tertiary/aromatic N) is 2. The SMILES string of the molecule is CCOC(=O)[C@@H]1C[C@]1(C(N)=O)N(CCC1CCN(C(=O)OC(C)(C)C)CC1)C(C)=O. The maximum atomic E-state index is 12.3. The van der Waals surface area contributed by atoms with Crippen molar-refractivity contribution in [3.05, 3.63) is 0 Å². The third-order valence-corrected chi connectivity index (χ3v) is 5.82. The minimum atomic E-state index is -1.28. The highest BCUT2D eigenvalue weighted by Crippen LogP contribution is 2.49. The number of carbonyl (C=O) groups is 4. The maximum absolute atomic E-state index is 12.3. The van der Waals surface area contributed by atoms with Gasteiger partial charge in [-0.2, -0.15) is 0 Å². The van der Waals surface area contributed by atoms with Crippen LogP contribution in [0.2, 0.25) is 0 Å². The van der Waals surface area contributed by atoms with Gasteiger partial charge in [0.25, 0.3) is 0 Å². The Morgan fingerprint density at radius 3 is 2.23 bits per heavy atom. The predicted octanol–water partition coefficient (Wildman–Crippen LogP) is 1.68. The molecule has 0 aromatic carbocycles. The number of carbonyl (C=O) groups excluding carboxylic acids is 4. The minimum absolute atomic E-state index is 0.206. The molecule has 2 aliphatic rings. The van der Waals surface area contributed by atoms with Crippen LogP contribution in [0.4, 0.5) is 4.79 Å². The van der Waals surface area contributed by atoms with Gasteiger partial charge in [-0.15, -0.1) is 0 Å². The average Bonchev–Trinajstić information content (AvgIpc) is 3.38. The van der Waals surface area contributed by atoms with E-state index in [0.29, 0.717) is 32.0 Å². The molecule has 1 saturated heterocycles. The molecule has 0 radical (unpaired) electrons. The molecule has 2 fully saturated rings. The van der Waals surface area contributed by atoms with Crippen molar-refractivity contribution in [1.29, 1.82) is 0 Å². The average molecular weight is 426 g/mol. The molecule has 170 valence electrons. The molecule has 1 saturated carbocycles. The van der Waals surface area contributed by atoms with Gasteiger partial charge < -0.3 is 25.0 Å². The van der Waals surface area contributed by atoms with Gasteiger partial charge in [0.05, 0.1) is 12.5 Å². The summed E-state index contributed by atoms with van der Waals surface area (Å²) in [6, 6.07) is 0. The topological polar surface area (TPSA) is 119 Å². The summed E-state index contributed by atoms with van der Waals surface area (Å²) < 4.78 is 10.4. The molecule has 0 unspecified atom stereocenters. The summed E-state index contributed by atoms with van der Waals surface area (Å²) in [6.45, 7) is 10.3. The van der Waals surface area contributed by atoms with E-state index in [0.717, 1.165) is 12.8 Å². The second-order valence-corrected chi connectivity index (χ2v) is 9.17. The predicted molar refractivity (Wildman–Crippen MR) is 109 cm³/mol. The summed E-state index contributed by atoms with van der Waals surface area (Å²) in [7, 11) is 0. The first-order valence-electron chi connectivity index (χ1n) is 10.6. The van der Waals surface area contributed by atoms with Crippen molar-refractivity contribution in [2.24, 2.45) is 17.6 Å². The van der Waals surface area contributed by atoms with E-state index in [1.807, 2.05) is 20.8 Å². The van der Waals surface area contributed by atoms with Crippen LogP contribution in [0.3, 0.4) is 0 Å². The molecule has 2 rings (SSSR count). The number of rotatable bonds is 7. The second-order valence-electron chi connectivity index (χ2n) is 9.17. The number of esters is 1. The fraction of sp³-hybridized carbons (Fsp3) is 0.810. The van der Waals surface area contributed by atoms with Crippen molar-refractivity contribution in [3.8, 4) is 0 Å². The lowest BCUT2D eigenvalue weighted by molar-refractivity contribution is -0.149. The number of hydrogen-bond acceptors (Lipinski definition) is 6. The standard InChI is InChI=1S/C21H35N3O6/c1-6-29-17(26)16-13-21(16,18(22)27)24(14(2)25)12-9-15-7-10-23(11-8-15)19(28)30-20(3,4)5/h15-16H,6-13H2,1-5H3,(H2,22,27)/t16-,21-/m0/s1. The Kier molecular flexibility index (Phi) is 7.36. The lowest BCUT2D eigenvalue weighted by atomic mass is 9.93. The van der Waals surface area contributed by atoms with E-state index in [2.05, 4.69) is 0 Å². The number of ether oxygens (including phenoxy) is 2. The number of primary amides is 1. The summed E-state index contributed by atoms with van der Waals surface area (Å²) in [5.74, 6) is -1.85. The number of likely N-dealkylation sites (tertiary alicyclic amines) is 1. The zero-order chi connectivity index (χ0) is 22.7. The Morgan fingerprint density at radius 1 is 1.17 bits per heavy atom. The van der Waals surface area contributed by atoms with Crippen LogP contribution in [-0.4, -0.2) is 71.1 Å². The van der Waals surface area contributed by atoms with E-state index in [1.165, 1.54) is 11.8 Å². The molecule has 3 amide bonds. The zero-order valence-corrected chi connectivity index (χ0v) is 18.7. The summed E-state index contributed by atoms with van der Waals surface area (Å²) >= 11 is 0. The second kappa shape index (κ2) is 9.22. The Bertz CT molecular complexity index is 681. The quantitative estimate of drug-likeness (QED) is 0.620. The number of piperidine rings is 1. The molecule has 2 atom stereocenters. The van der Waals surface area contributed by atoms with Gasteiger partial charge in [-0.25, -0.2) is 4.79 Å². The Morgan fingerprint density at radius 2 is 1.77 bits per heavy atom. The van der Waals surface area contributed by atoms with Gasteiger partial charge in [-0.3, -0.25) is 14.4 Å². The van der Waals surface area contributed by atoms with Gasteiger partial charge in [0.2, 0.25) is 11.8 Å². The number of nitrogens with two attached hydrogens (primary N) is 1. The Labute approximate surface area is 178 Å². The molecule has 1 aliphatic carbocycles. The molecular weight excluding hydrogens is 390 g/mol. The van der Waals surface area contributed by atoms with E-state index in [1.54, 1.807) is 11.8 Å². The fourth-order valence-electron chi connectivity index (χ4n) is 4.16. The highest BCUT2D eigenvalue weighted by atomic mass is 16.6. The van der Waals surface area contributed by atoms with Crippen LogP contribution in [0.5, 0.6) is 0 Å². The Hall–Kier alpha value is -2.32. The molecular formula is C21H35N3O6. The number of amides is 3. The Balaban J connectivity index is 1.93. The first kappa shape index (κ1) is 24.0. The summed E-state index contributed by atoms with van der Waals surface area (Å²) in [5.41, 5.74) is 3.80. The van der Waals surface area contributed by atoms with E-state index < -0.39 is 28.9 Å².